The maximum atomic E-state index is 12.0. The molecule has 0 unspecified atom stereocenters. The highest BCUT2D eigenvalue weighted by molar-refractivity contribution is 7.98. The smallest absolute Gasteiger partial charge is 0.220 e. The van der Waals surface area contributed by atoms with Crippen LogP contribution >= 0.6 is 24.2 Å². The maximum Gasteiger partial charge on any atom is 0.220 e. The maximum absolute atomic E-state index is 12.0. The molecule has 2 rings (SSSR count). The summed E-state index contributed by atoms with van der Waals surface area (Å²) >= 11 is 1.62. The molecular formula is C19H30ClN5OS. The van der Waals surface area contributed by atoms with Crippen molar-refractivity contribution in [2.24, 2.45) is 5.92 Å². The highest BCUT2D eigenvalue weighted by Crippen LogP contribution is 2.16. The van der Waals surface area contributed by atoms with Crippen LogP contribution in [-0.2, 0) is 24.2 Å². The summed E-state index contributed by atoms with van der Waals surface area (Å²) in [5, 5.41) is 12.5. The van der Waals surface area contributed by atoms with Gasteiger partial charge in [-0.3, -0.25) is 4.79 Å². The van der Waals surface area contributed by atoms with Crippen LogP contribution in [0, 0.1) is 5.92 Å². The Balaban J connectivity index is 0.00000364. The predicted octanol–water partition coefficient (Wildman–Crippen LogP) is 3.34. The van der Waals surface area contributed by atoms with Crippen LogP contribution in [0.2, 0.25) is 0 Å². The Kier molecular flexibility index (Phi) is 10.3. The van der Waals surface area contributed by atoms with Gasteiger partial charge >= 0.3 is 0 Å². The van der Waals surface area contributed by atoms with Gasteiger partial charge in [-0.2, -0.15) is 0 Å². The van der Waals surface area contributed by atoms with Gasteiger partial charge in [-0.05, 0) is 36.6 Å². The summed E-state index contributed by atoms with van der Waals surface area (Å²) in [4.78, 5) is 12.0. The van der Waals surface area contributed by atoms with Crippen LogP contribution in [0.15, 0.2) is 29.4 Å². The van der Waals surface area contributed by atoms with Gasteiger partial charge in [0, 0.05) is 31.6 Å². The van der Waals surface area contributed by atoms with E-state index in [1.165, 1.54) is 0 Å². The average molecular weight is 412 g/mol. The fraction of sp³-hybridized carbons (Fsp3) is 0.526. The van der Waals surface area contributed by atoms with E-state index in [9.17, 15) is 4.79 Å². The van der Waals surface area contributed by atoms with Gasteiger partial charge in [0.05, 0.1) is 0 Å². The monoisotopic (exact) mass is 411 g/mol. The molecule has 1 heterocycles. The number of rotatable bonds is 10. The first-order chi connectivity index (χ1) is 12.5. The lowest BCUT2D eigenvalue weighted by atomic mass is 10.1. The molecule has 1 aromatic carbocycles. The second-order valence-corrected chi connectivity index (χ2v) is 7.53. The lowest BCUT2D eigenvalue weighted by Crippen LogP contribution is -2.25. The molecule has 27 heavy (non-hydrogen) atoms. The van der Waals surface area contributed by atoms with Crippen LogP contribution in [0.4, 0.5) is 5.69 Å². The van der Waals surface area contributed by atoms with E-state index in [1.807, 2.05) is 30.5 Å². The number of carbonyl (C=O) groups excluding carboxylic acids is 1. The number of aromatic nitrogens is 3. The summed E-state index contributed by atoms with van der Waals surface area (Å²) in [5.74, 6) is 1.59. The number of nitrogens with two attached hydrogens (primary N) is 1. The molecule has 2 aromatic rings. The standard InChI is InChI=1S/C19H29N5OS.ClH/c1-14(2)13-24-17(22-23-19(24)26-3)9-6-12-21-18(25)11-10-15-7-4-5-8-16(15)20;/h4-5,7-8,14H,6,9-13,20H2,1-3H3,(H,21,25);1H. The van der Waals surface area contributed by atoms with Crippen molar-refractivity contribution in [2.45, 2.75) is 51.2 Å². The average Bonchev–Trinajstić information content (AvgIpc) is 2.99. The molecule has 0 radical (unpaired) electrons. The number of hydrogen-bond acceptors (Lipinski definition) is 5. The number of anilines is 1. The molecule has 0 saturated heterocycles. The predicted molar refractivity (Wildman–Crippen MR) is 114 cm³/mol. The molecule has 0 aliphatic rings. The topological polar surface area (TPSA) is 85.8 Å². The molecule has 0 fully saturated rings. The van der Waals surface area contributed by atoms with E-state index in [-0.39, 0.29) is 18.3 Å². The summed E-state index contributed by atoms with van der Waals surface area (Å²) in [6.07, 6.45) is 4.80. The van der Waals surface area contributed by atoms with Crippen molar-refractivity contribution >= 4 is 35.8 Å². The molecule has 0 aliphatic heterocycles. The van der Waals surface area contributed by atoms with Crippen molar-refractivity contribution < 1.29 is 4.79 Å². The Morgan fingerprint density at radius 3 is 2.67 bits per heavy atom. The molecule has 0 saturated carbocycles. The van der Waals surface area contributed by atoms with Crippen molar-refractivity contribution in [3.63, 3.8) is 0 Å². The molecule has 6 nitrogen and oxygen atoms in total. The van der Waals surface area contributed by atoms with Crippen LogP contribution in [0.3, 0.4) is 0 Å². The number of nitrogens with zero attached hydrogens (tertiary/aromatic N) is 3. The van der Waals surface area contributed by atoms with Gasteiger partial charge in [0.15, 0.2) is 5.16 Å². The number of nitrogen functional groups attached to an aromatic ring is 1. The Hall–Kier alpha value is -1.73. The van der Waals surface area contributed by atoms with E-state index in [0.29, 0.717) is 25.3 Å². The Labute approximate surface area is 172 Å². The Morgan fingerprint density at radius 2 is 2.00 bits per heavy atom. The zero-order chi connectivity index (χ0) is 18.9. The molecule has 1 amide bonds. The summed E-state index contributed by atoms with van der Waals surface area (Å²) in [6, 6.07) is 7.68. The molecule has 0 spiro atoms. The van der Waals surface area contributed by atoms with E-state index in [4.69, 9.17) is 5.73 Å². The van der Waals surface area contributed by atoms with Gasteiger partial charge in [-0.25, -0.2) is 0 Å². The van der Waals surface area contributed by atoms with E-state index < -0.39 is 0 Å². The van der Waals surface area contributed by atoms with Crippen LogP contribution in [0.1, 0.15) is 38.1 Å². The highest BCUT2D eigenvalue weighted by Gasteiger charge is 2.12. The fourth-order valence-corrected chi connectivity index (χ4v) is 3.30. The van der Waals surface area contributed by atoms with Crippen molar-refractivity contribution in [3.05, 3.63) is 35.7 Å². The van der Waals surface area contributed by atoms with Crippen LogP contribution in [0.5, 0.6) is 0 Å². The minimum Gasteiger partial charge on any atom is -0.399 e. The number of aryl methyl sites for hydroxylation is 2. The molecule has 0 bridgehead atoms. The number of para-hydroxylation sites is 1. The summed E-state index contributed by atoms with van der Waals surface area (Å²) in [6.45, 7) is 5.94. The zero-order valence-corrected chi connectivity index (χ0v) is 17.9. The van der Waals surface area contributed by atoms with E-state index in [2.05, 4.69) is 33.9 Å². The third kappa shape index (κ3) is 7.42. The number of hydrogen-bond donors (Lipinski definition) is 2. The number of thioether (sulfide) groups is 1. The number of carbonyl (C=O) groups is 1. The van der Waals surface area contributed by atoms with Gasteiger partial charge in [-0.1, -0.05) is 43.8 Å². The minimum absolute atomic E-state index is 0. The van der Waals surface area contributed by atoms with Crippen molar-refractivity contribution in [2.75, 3.05) is 18.5 Å². The van der Waals surface area contributed by atoms with Crippen molar-refractivity contribution in [3.8, 4) is 0 Å². The molecule has 3 N–H and O–H groups in total. The fourth-order valence-electron chi connectivity index (χ4n) is 2.78. The highest BCUT2D eigenvalue weighted by atomic mass is 35.5. The molecule has 150 valence electrons. The van der Waals surface area contributed by atoms with Gasteiger partial charge in [-0.15, -0.1) is 22.6 Å². The number of nitrogens with one attached hydrogen (secondary N) is 1. The Morgan fingerprint density at radius 1 is 1.26 bits per heavy atom. The van der Waals surface area contributed by atoms with Gasteiger partial charge in [0.2, 0.25) is 5.91 Å². The third-order valence-corrected chi connectivity index (χ3v) is 4.77. The number of benzene rings is 1. The van der Waals surface area contributed by atoms with Gasteiger partial charge in [0.25, 0.3) is 0 Å². The van der Waals surface area contributed by atoms with E-state index in [0.717, 1.165) is 41.6 Å². The van der Waals surface area contributed by atoms with Gasteiger partial charge < -0.3 is 15.6 Å². The first-order valence-electron chi connectivity index (χ1n) is 9.07. The quantitative estimate of drug-likeness (QED) is 0.355. The molecule has 8 heteroatoms. The largest absolute Gasteiger partial charge is 0.399 e. The molecule has 1 aromatic heterocycles. The van der Waals surface area contributed by atoms with E-state index >= 15 is 0 Å². The van der Waals surface area contributed by atoms with Crippen LogP contribution in [-0.4, -0.2) is 33.5 Å². The summed E-state index contributed by atoms with van der Waals surface area (Å²) in [7, 11) is 0. The summed E-state index contributed by atoms with van der Waals surface area (Å²) in [5.41, 5.74) is 7.67. The Bertz CT molecular complexity index is 720. The van der Waals surface area contributed by atoms with Crippen molar-refractivity contribution in [1.29, 1.82) is 0 Å². The normalized spacial score (nSPS) is 10.7. The number of amides is 1. The van der Waals surface area contributed by atoms with Crippen LogP contribution < -0.4 is 11.1 Å². The van der Waals surface area contributed by atoms with Crippen LogP contribution in [0.25, 0.3) is 0 Å². The lowest BCUT2D eigenvalue weighted by Gasteiger charge is -2.12. The van der Waals surface area contributed by atoms with E-state index in [1.54, 1.807) is 11.8 Å². The molecular weight excluding hydrogens is 382 g/mol. The SMILES string of the molecule is CSc1nnc(CCCNC(=O)CCc2ccccc2N)n1CC(C)C.Cl. The number of halogens is 1. The molecule has 0 aliphatic carbocycles. The van der Waals surface area contributed by atoms with Crippen molar-refractivity contribution in [1.82, 2.24) is 20.1 Å². The second-order valence-electron chi connectivity index (χ2n) is 6.76. The third-order valence-electron chi connectivity index (χ3n) is 4.10. The lowest BCUT2D eigenvalue weighted by molar-refractivity contribution is -0.121. The molecule has 0 atom stereocenters. The summed E-state index contributed by atoms with van der Waals surface area (Å²) < 4.78 is 2.19. The van der Waals surface area contributed by atoms with Gasteiger partial charge in [0.1, 0.15) is 5.82 Å². The minimum atomic E-state index is 0. The zero-order valence-electron chi connectivity index (χ0n) is 16.3. The first kappa shape index (κ1) is 23.3. The first-order valence-corrected chi connectivity index (χ1v) is 10.3. The second kappa shape index (κ2) is 11.9.